The van der Waals surface area contributed by atoms with Crippen molar-refractivity contribution in [2.75, 3.05) is 0 Å². The Hall–Kier alpha value is -3.45. The van der Waals surface area contributed by atoms with E-state index in [2.05, 4.69) is 74.2 Å². The van der Waals surface area contributed by atoms with Crippen LogP contribution in [0.5, 0.6) is 0 Å². The standard InChI is InChI=1S/C29H24O/c1-19-6-5-8-24(16-19)21-10-12-22(13-11-21)29(30)20(2)23-14-15-28-26(17-23)18-25-7-3-4-9-27(25)28/h3-4,6-7,9-17H,2,5,8,18H2,1H3. The summed E-state index contributed by atoms with van der Waals surface area (Å²) in [5, 5.41) is 0. The van der Waals surface area contributed by atoms with Crippen LogP contribution in [-0.2, 0) is 6.42 Å². The zero-order valence-electron chi connectivity index (χ0n) is 17.2. The van der Waals surface area contributed by atoms with Crippen molar-refractivity contribution in [1.29, 1.82) is 0 Å². The third-order valence-corrected chi connectivity index (χ3v) is 6.22. The second-order valence-electron chi connectivity index (χ2n) is 8.25. The number of carbonyl (C=O) groups excluding carboxylic acids is 1. The molecule has 0 aromatic heterocycles. The molecule has 2 aliphatic carbocycles. The molecule has 3 aromatic carbocycles. The summed E-state index contributed by atoms with van der Waals surface area (Å²) < 4.78 is 0. The maximum Gasteiger partial charge on any atom is 0.193 e. The van der Waals surface area contributed by atoms with Gasteiger partial charge < -0.3 is 0 Å². The SMILES string of the molecule is C=C(C(=O)c1ccc(C2=CC(C)=CCC2)cc1)c1ccc2c(c1)Cc1ccccc1-2. The van der Waals surface area contributed by atoms with E-state index in [0.717, 1.165) is 24.8 Å². The van der Waals surface area contributed by atoms with E-state index in [9.17, 15) is 4.79 Å². The van der Waals surface area contributed by atoms with Gasteiger partial charge in [-0.05, 0) is 65.1 Å². The molecule has 5 rings (SSSR count). The largest absolute Gasteiger partial charge is 0.289 e. The normalized spacial score (nSPS) is 14.4. The van der Waals surface area contributed by atoms with Gasteiger partial charge in [0.1, 0.15) is 0 Å². The highest BCUT2D eigenvalue weighted by Gasteiger charge is 2.20. The number of fused-ring (bicyclic) bond motifs is 3. The van der Waals surface area contributed by atoms with E-state index in [1.54, 1.807) is 0 Å². The van der Waals surface area contributed by atoms with E-state index in [-0.39, 0.29) is 5.78 Å². The monoisotopic (exact) mass is 388 g/mol. The van der Waals surface area contributed by atoms with Crippen LogP contribution in [0.4, 0.5) is 0 Å². The molecule has 30 heavy (non-hydrogen) atoms. The minimum Gasteiger partial charge on any atom is -0.289 e. The number of hydrogen-bond donors (Lipinski definition) is 0. The number of Topliss-reactive ketones (excluding diaryl/α,β-unsaturated/α-hetero) is 1. The summed E-state index contributed by atoms with van der Waals surface area (Å²) in [5.74, 6) is -0.00860. The van der Waals surface area contributed by atoms with Crippen LogP contribution < -0.4 is 0 Å². The predicted molar refractivity (Wildman–Crippen MR) is 125 cm³/mol. The van der Waals surface area contributed by atoms with E-state index < -0.39 is 0 Å². The Bertz CT molecular complexity index is 1240. The predicted octanol–water partition coefficient (Wildman–Crippen LogP) is 7.28. The van der Waals surface area contributed by atoms with Crippen molar-refractivity contribution >= 4 is 16.9 Å². The molecular formula is C29H24O. The first-order chi connectivity index (χ1) is 14.6. The van der Waals surface area contributed by atoms with E-state index in [1.165, 1.54) is 39.0 Å². The van der Waals surface area contributed by atoms with Crippen molar-refractivity contribution < 1.29 is 4.79 Å². The highest BCUT2D eigenvalue weighted by molar-refractivity contribution is 6.28. The summed E-state index contributed by atoms with van der Waals surface area (Å²) in [7, 11) is 0. The van der Waals surface area contributed by atoms with E-state index in [0.29, 0.717) is 11.1 Å². The van der Waals surface area contributed by atoms with Crippen molar-refractivity contribution in [2.45, 2.75) is 26.2 Å². The molecule has 0 bridgehead atoms. The van der Waals surface area contributed by atoms with Crippen LogP contribution in [0.15, 0.2) is 91.0 Å². The summed E-state index contributed by atoms with van der Waals surface area (Å²) in [6.45, 7) is 6.26. The lowest BCUT2D eigenvalue weighted by Crippen LogP contribution is -2.02. The van der Waals surface area contributed by atoms with Crippen LogP contribution in [-0.4, -0.2) is 5.78 Å². The summed E-state index contributed by atoms with van der Waals surface area (Å²) in [5.41, 5.74) is 11.2. The molecule has 0 radical (unpaired) electrons. The first-order valence-corrected chi connectivity index (χ1v) is 10.5. The van der Waals surface area contributed by atoms with Gasteiger partial charge in [0, 0.05) is 11.1 Å². The lowest BCUT2D eigenvalue weighted by molar-refractivity contribution is 0.105. The van der Waals surface area contributed by atoms with Gasteiger partial charge in [0.15, 0.2) is 5.78 Å². The van der Waals surface area contributed by atoms with Crippen LogP contribution in [0, 0.1) is 0 Å². The minimum atomic E-state index is -0.00860. The number of carbonyl (C=O) groups is 1. The van der Waals surface area contributed by atoms with Crippen molar-refractivity contribution in [3.05, 3.63) is 119 Å². The third kappa shape index (κ3) is 3.27. The van der Waals surface area contributed by atoms with Crippen LogP contribution in [0.2, 0.25) is 0 Å². The van der Waals surface area contributed by atoms with Gasteiger partial charge in [0.25, 0.3) is 0 Å². The molecule has 1 nitrogen and oxygen atoms in total. The molecule has 0 aliphatic heterocycles. The zero-order valence-corrected chi connectivity index (χ0v) is 17.2. The summed E-state index contributed by atoms with van der Waals surface area (Å²) in [4.78, 5) is 13.1. The first kappa shape index (κ1) is 18.6. The van der Waals surface area contributed by atoms with Crippen molar-refractivity contribution in [3.8, 4) is 11.1 Å². The molecule has 0 amide bonds. The molecule has 0 atom stereocenters. The fourth-order valence-electron chi connectivity index (χ4n) is 4.56. The fraction of sp³-hybridized carbons (Fsp3) is 0.138. The Morgan fingerprint density at radius 1 is 0.867 bits per heavy atom. The van der Waals surface area contributed by atoms with E-state index in [4.69, 9.17) is 0 Å². The molecule has 2 aliphatic rings. The molecule has 0 unspecified atom stereocenters. The summed E-state index contributed by atoms with van der Waals surface area (Å²) in [6, 6.07) is 22.8. The molecule has 146 valence electrons. The molecular weight excluding hydrogens is 364 g/mol. The quantitative estimate of drug-likeness (QED) is 0.265. The van der Waals surface area contributed by atoms with Crippen LogP contribution in [0.3, 0.4) is 0 Å². The second kappa shape index (κ2) is 7.42. The minimum absolute atomic E-state index is 0.00860. The van der Waals surface area contributed by atoms with Gasteiger partial charge in [-0.2, -0.15) is 0 Å². The molecule has 3 aromatic rings. The lowest BCUT2D eigenvalue weighted by atomic mass is 9.91. The third-order valence-electron chi connectivity index (χ3n) is 6.22. The number of allylic oxidation sites excluding steroid dienone is 5. The molecule has 0 heterocycles. The average Bonchev–Trinajstić information content (AvgIpc) is 3.16. The summed E-state index contributed by atoms with van der Waals surface area (Å²) in [6.07, 6.45) is 7.55. The average molecular weight is 389 g/mol. The Balaban J connectivity index is 1.38. The van der Waals surface area contributed by atoms with Crippen LogP contribution in [0.1, 0.15) is 52.4 Å². The maximum absolute atomic E-state index is 13.1. The van der Waals surface area contributed by atoms with E-state index in [1.807, 2.05) is 18.2 Å². The lowest BCUT2D eigenvalue weighted by Gasteiger charge is -2.13. The van der Waals surface area contributed by atoms with Crippen molar-refractivity contribution in [3.63, 3.8) is 0 Å². The molecule has 0 fully saturated rings. The number of hydrogen-bond acceptors (Lipinski definition) is 1. The van der Waals surface area contributed by atoms with Crippen molar-refractivity contribution in [2.24, 2.45) is 0 Å². The van der Waals surface area contributed by atoms with Gasteiger partial charge in [-0.1, -0.05) is 91.0 Å². The second-order valence-corrected chi connectivity index (χ2v) is 8.25. The number of ketones is 1. The number of benzene rings is 3. The van der Waals surface area contributed by atoms with Gasteiger partial charge in [-0.3, -0.25) is 4.79 Å². The maximum atomic E-state index is 13.1. The molecule has 0 N–H and O–H groups in total. The van der Waals surface area contributed by atoms with Gasteiger partial charge in [-0.15, -0.1) is 0 Å². The van der Waals surface area contributed by atoms with Gasteiger partial charge >= 0.3 is 0 Å². The fourth-order valence-corrected chi connectivity index (χ4v) is 4.56. The Kier molecular flexibility index (Phi) is 4.59. The Morgan fingerprint density at radius 3 is 2.40 bits per heavy atom. The summed E-state index contributed by atoms with van der Waals surface area (Å²) >= 11 is 0. The van der Waals surface area contributed by atoms with Crippen LogP contribution >= 0.6 is 0 Å². The van der Waals surface area contributed by atoms with E-state index >= 15 is 0 Å². The smallest absolute Gasteiger partial charge is 0.193 e. The Morgan fingerprint density at radius 2 is 1.60 bits per heavy atom. The van der Waals surface area contributed by atoms with Gasteiger partial charge in [-0.25, -0.2) is 0 Å². The molecule has 0 saturated carbocycles. The number of rotatable bonds is 4. The molecule has 0 spiro atoms. The van der Waals surface area contributed by atoms with Gasteiger partial charge in [0.2, 0.25) is 0 Å². The topological polar surface area (TPSA) is 17.1 Å². The Labute approximate surface area is 178 Å². The zero-order chi connectivity index (χ0) is 20.7. The first-order valence-electron chi connectivity index (χ1n) is 10.5. The van der Waals surface area contributed by atoms with Crippen molar-refractivity contribution in [1.82, 2.24) is 0 Å². The highest BCUT2D eigenvalue weighted by atomic mass is 16.1. The van der Waals surface area contributed by atoms with Crippen LogP contribution in [0.25, 0.3) is 22.3 Å². The molecule has 0 saturated heterocycles. The van der Waals surface area contributed by atoms with Gasteiger partial charge in [0.05, 0.1) is 0 Å². The highest BCUT2D eigenvalue weighted by Crippen LogP contribution is 2.38. The molecule has 1 heteroatoms.